The number of halogens is 3. The molecule has 2 aliphatic rings. The number of amides is 1. The number of hydrogen-bond acceptors (Lipinski definition) is 3. The van der Waals surface area contributed by atoms with Gasteiger partial charge in [0.1, 0.15) is 5.41 Å². The van der Waals surface area contributed by atoms with Crippen LogP contribution in [0.25, 0.3) is 0 Å². The van der Waals surface area contributed by atoms with Crippen molar-refractivity contribution in [1.82, 2.24) is 10.2 Å². The van der Waals surface area contributed by atoms with E-state index >= 15 is 0 Å². The van der Waals surface area contributed by atoms with Crippen LogP contribution in [0, 0.1) is 5.41 Å². The molecule has 132 valence electrons. The number of likely N-dealkylation sites (tertiary alicyclic amines) is 1. The van der Waals surface area contributed by atoms with E-state index in [-0.39, 0.29) is 6.54 Å². The molecule has 2 N–H and O–H groups in total. The first-order valence-electron chi connectivity index (χ1n) is 8.07. The van der Waals surface area contributed by atoms with Crippen LogP contribution in [0.1, 0.15) is 44.9 Å². The van der Waals surface area contributed by atoms with E-state index in [1.54, 1.807) is 0 Å². The molecule has 0 radical (unpaired) electrons. The van der Waals surface area contributed by atoms with Gasteiger partial charge in [0.2, 0.25) is 5.91 Å². The molecule has 0 aromatic heterocycles. The Hall–Kier alpha value is -1.31. The fourth-order valence-electron chi connectivity index (χ4n) is 3.57. The van der Waals surface area contributed by atoms with E-state index in [1.165, 1.54) is 4.90 Å². The average molecular weight is 336 g/mol. The number of hydrogen-bond donors (Lipinski definition) is 2. The molecule has 5 nitrogen and oxygen atoms in total. The van der Waals surface area contributed by atoms with Crippen molar-refractivity contribution >= 4 is 11.9 Å². The van der Waals surface area contributed by atoms with Gasteiger partial charge in [0.15, 0.2) is 0 Å². The SMILES string of the molecule is O=C(O)C1(C(=O)N2CCCC(NCC(F)(F)F)C2)CCCCC1. The number of piperidine rings is 1. The Morgan fingerprint density at radius 2 is 1.83 bits per heavy atom. The number of nitrogens with zero attached hydrogens (tertiary/aromatic N) is 1. The van der Waals surface area contributed by atoms with Crippen LogP contribution in [0.5, 0.6) is 0 Å². The highest BCUT2D eigenvalue weighted by molar-refractivity contribution is 6.02. The van der Waals surface area contributed by atoms with Crippen LogP contribution in [-0.2, 0) is 9.59 Å². The Kier molecular flexibility index (Phi) is 5.54. The molecule has 2 rings (SSSR count). The van der Waals surface area contributed by atoms with Gasteiger partial charge in [0, 0.05) is 19.1 Å². The van der Waals surface area contributed by atoms with Crippen LogP contribution >= 0.6 is 0 Å². The summed E-state index contributed by atoms with van der Waals surface area (Å²) in [6.07, 6.45) is -0.215. The van der Waals surface area contributed by atoms with Gasteiger partial charge in [0.05, 0.1) is 6.54 Å². The first kappa shape index (κ1) is 18.0. The van der Waals surface area contributed by atoms with Crippen LogP contribution in [0.15, 0.2) is 0 Å². The number of aliphatic carboxylic acids is 1. The minimum Gasteiger partial charge on any atom is -0.480 e. The van der Waals surface area contributed by atoms with Crippen LogP contribution in [0.4, 0.5) is 13.2 Å². The summed E-state index contributed by atoms with van der Waals surface area (Å²) in [4.78, 5) is 25.9. The maximum Gasteiger partial charge on any atom is 0.401 e. The number of carboxylic acid groups (broad SMARTS) is 1. The molecule has 1 saturated carbocycles. The molecule has 1 amide bonds. The fraction of sp³-hybridized carbons (Fsp3) is 0.867. The summed E-state index contributed by atoms with van der Waals surface area (Å²) in [5.41, 5.74) is -1.38. The van der Waals surface area contributed by atoms with Gasteiger partial charge in [-0.25, -0.2) is 0 Å². The number of alkyl halides is 3. The van der Waals surface area contributed by atoms with Gasteiger partial charge in [-0.3, -0.25) is 9.59 Å². The molecule has 1 aliphatic carbocycles. The third-order valence-electron chi connectivity index (χ3n) is 4.83. The second-order valence-corrected chi connectivity index (χ2v) is 6.53. The first-order chi connectivity index (χ1) is 10.7. The summed E-state index contributed by atoms with van der Waals surface area (Å²) < 4.78 is 36.9. The Morgan fingerprint density at radius 1 is 1.17 bits per heavy atom. The first-order valence-corrected chi connectivity index (χ1v) is 8.07. The Bertz CT molecular complexity index is 448. The molecule has 0 aromatic rings. The fourth-order valence-corrected chi connectivity index (χ4v) is 3.57. The second-order valence-electron chi connectivity index (χ2n) is 6.53. The maximum absolute atomic E-state index is 12.8. The molecule has 1 saturated heterocycles. The quantitative estimate of drug-likeness (QED) is 0.772. The highest BCUT2D eigenvalue weighted by atomic mass is 19.4. The molecule has 8 heteroatoms. The highest BCUT2D eigenvalue weighted by Gasteiger charge is 2.49. The minimum absolute atomic E-state index is 0.143. The zero-order valence-electron chi connectivity index (χ0n) is 13.0. The van der Waals surface area contributed by atoms with Gasteiger partial charge >= 0.3 is 12.1 Å². The molecule has 1 heterocycles. The van der Waals surface area contributed by atoms with Crippen molar-refractivity contribution in [2.45, 2.75) is 57.2 Å². The van der Waals surface area contributed by atoms with Gasteiger partial charge in [-0.05, 0) is 25.7 Å². The van der Waals surface area contributed by atoms with Crippen LogP contribution in [0.2, 0.25) is 0 Å². The van der Waals surface area contributed by atoms with Crippen molar-refractivity contribution in [3.8, 4) is 0 Å². The van der Waals surface area contributed by atoms with E-state index in [0.29, 0.717) is 45.1 Å². The standard InChI is InChI=1S/C15H23F3N2O3/c16-15(17,18)10-19-11-5-4-8-20(9-11)12(21)14(13(22)23)6-2-1-3-7-14/h11,19H,1-10H2,(H,22,23). The monoisotopic (exact) mass is 336 g/mol. The largest absolute Gasteiger partial charge is 0.480 e. The lowest BCUT2D eigenvalue weighted by molar-refractivity contribution is -0.164. The third-order valence-corrected chi connectivity index (χ3v) is 4.83. The Morgan fingerprint density at radius 3 is 2.39 bits per heavy atom. The van der Waals surface area contributed by atoms with Crippen molar-refractivity contribution in [3.63, 3.8) is 0 Å². The minimum atomic E-state index is -4.29. The summed E-state index contributed by atoms with van der Waals surface area (Å²) in [7, 11) is 0. The lowest BCUT2D eigenvalue weighted by Crippen LogP contribution is -2.56. The Labute approximate surface area is 133 Å². The molecule has 0 aromatic carbocycles. The van der Waals surface area contributed by atoms with Crippen LogP contribution < -0.4 is 5.32 Å². The van der Waals surface area contributed by atoms with Crippen molar-refractivity contribution < 1.29 is 27.9 Å². The number of nitrogens with one attached hydrogen (secondary N) is 1. The van der Waals surface area contributed by atoms with Crippen LogP contribution in [-0.4, -0.2) is 53.7 Å². The van der Waals surface area contributed by atoms with E-state index in [1.807, 2.05) is 0 Å². The predicted octanol–water partition coefficient (Wildman–Crippen LogP) is 2.16. The van der Waals surface area contributed by atoms with Crippen molar-refractivity contribution in [2.75, 3.05) is 19.6 Å². The van der Waals surface area contributed by atoms with E-state index in [9.17, 15) is 27.9 Å². The van der Waals surface area contributed by atoms with Crippen molar-refractivity contribution in [2.24, 2.45) is 5.41 Å². The van der Waals surface area contributed by atoms with E-state index < -0.39 is 36.1 Å². The zero-order chi connectivity index (χ0) is 17.1. The molecule has 2 fully saturated rings. The summed E-state index contributed by atoms with van der Waals surface area (Å²) in [5.74, 6) is -1.53. The number of rotatable bonds is 4. The third kappa shape index (κ3) is 4.37. The molecule has 1 atom stereocenters. The lowest BCUT2D eigenvalue weighted by Gasteiger charge is -2.40. The second kappa shape index (κ2) is 7.07. The summed E-state index contributed by atoms with van der Waals surface area (Å²) in [5, 5.41) is 12.0. The summed E-state index contributed by atoms with van der Waals surface area (Å²) in [6, 6.07) is -0.441. The molecular weight excluding hydrogens is 313 g/mol. The van der Waals surface area contributed by atoms with E-state index in [2.05, 4.69) is 5.32 Å². The van der Waals surface area contributed by atoms with Gasteiger partial charge in [0.25, 0.3) is 0 Å². The van der Waals surface area contributed by atoms with Gasteiger partial charge < -0.3 is 15.3 Å². The lowest BCUT2D eigenvalue weighted by atomic mass is 9.72. The molecular formula is C15H23F3N2O3. The maximum atomic E-state index is 12.8. The normalized spacial score (nSPS) is 25.2. The molecule has 1 aliphatic heterocycles. The summed E-state index contributed by atoms with van der Waals surface area (Å²) >= 11 is 0. The van der Waals surface area contributed by atoms with E-state index in [4.69, 9.17) is 0 Å². The van der Waals surface area contributed by atoms with Crippen LogP contribution in [0.3, 0.4) is 0 Å². The van der Waals surface area contributed by atoms with Gasteiger partial charge in [-0.2, -0.15) is 13.2 Å². The van der Waals surface area contributed by atoms with Crippen molar-refractivity contribution in [3.05, 3.63) is 0 Å². The topological polar surface area (TPSA) is 69.6 Å². The zero-order valence-corrected chi connectivity index (χ0v) is 13.0. The average Bonchev–Trinajstić information content (AvgIpc) is 2.52. The van der Waals surface area contributed by atoms with E-state index in [0.717, 1.165) is 6.42 Å². The predicted molar refractivity (Wildman–Crippen MR) is 76.8 cm³/mol. The number of carbonyl (C=O) groups is 2. The Balaban J connectivity index is 2.01. The number of carbonyl (C=O) groups excluding carboxylic acids is 1. The highest BCUT2D eigenvalue weighted by Crippen LogP contribution is 2.39. The molecule has 1 unspecified atom stereocenters. The van der Waals surface area contributed by atoms with Crippen molar-refractivity contribution in [1.29, 1.82) is 0 Å². The smallest absolute Gasteiger partial charge is 0.401 e. The number of carboxylic acids is 1. The molecule has 0 spiro atoms. The van der Waals surface area contributed by atoms with Gasteiger partial charge in [-0.15, -0.1) is 0 Å². The summed E-state index contributed by atoms with van der Waals surface area (Å²) in [6.45, 7) is -0.536. The molecule has 23 heavy (non-hydrogen) atoms. The van der Waals surface area contributed by atoms with Gasteiger partial charge in [-0.1, -0.05) is 19.3 Å². The molecule has 0 bridgehead atoms.